The Hall–Kier alpha value is -0.995. The minimum atomic E-state index is -5.84. The van der Waals surface area contributed by atoms with Crippen LogP contribution in [0.2, 0.25) is 0 Å². The van der Waals surface area contributed by atoms with Gasteiger partial charge in [-0.05, 0) is 26.7 Å². The second-order valence-corrected chi connectivity index (χ2v) is 6.63. The van der Waals surface area contributed by atoms with Gasteiger partial charge in [0.2, 0.25) is 0 Å². The van der Waals surface area contributed by atoms with E-state index < -0.39 is 47.9 Å². The molecule has 0 spiro atoms. The summed E-state index contributed by atoms with van der Waals surface area (Å²) in [6.45, 7) is 5.15. The normalized spacial score (nSPS) is 26.8. The van der Waals surface area contributed by atoms with Crippen molar-refractivity contribution in [1.82, 2.24) is 9.80 Å². The lowest BCUT2D eigenvalue weighted by molar-refractivity contribution is -0.308. The summed E-state index contributed by atoms with van der Waals surface area (Å²) in [7, 11) is 17.3. The summed E-state index contributed by atoms with van der Waals surface area (Å²) in [5.41, 5.74) is -0.550. The van der Waals surface area contributed by atoms with Crippen molar-refractivity contribution >= 4 is 29.6 Å². The Kier molecular flexibility index (Phi) is 6.14. The summed E-state index contributed by atoms with van der Waals surface area (Å²) >= 11 is 0. The number of carbonyl (C=O) groups excluding carboxylic acids is 1. The van der Waals surface area contributed by atoms with Gasteiger partial charge in [-0.2, -0.15) is 26.3 Å². The van der Waals surface area contributed by atoms with Gasteiger partial charge in [0.25, 0.3) is 6.10 Å². The van der Waals surface area contributed by atoms with E-state index in [4.69, 9.17) is 23.5 Å². The highest BCUT2D eigenvalue weighted by Gasteiger charge is 2.60. The average molecular weight is 366 g/mol. The number of nitrogens with zero attached hydrogens (tertiary/aromatic N) is 2. The zero-order valence-electron chi connectivity index (χ0n) is 13.7. The summed E-state index contributed by atoms with van der Waals surface area (Å²) < 4.78 is 78.8. The van der Waals surface area contributed by atoms with Crippen LogP contribution in [0.15, 0.2) is 0 Å². The minimum Gasteiger partial charge on any atom is -0.426 e. The fourth-order valence-corrected chi connectivity index (χ4v) is 2.44. The molecule has 25 heavy (non-hydrogen) atoms. The van der Waals surface area contributed by atoms with Crippen LogP contribution in [0.5, 0.6) is 0 Å². The smallest absolute Gasteiger partial charge is 0.426 e. The van der Waals surface area contributed by atoms with Gasteiger partial charge < -0.3 is 14.5 Å². The quantitative estimate of drug-likeness (QED) is 0.522. The summed E-state index contributed by atoms with van der Waals surface area (Å²) in [6.07, 6.45) is -17.9. The summed E-state index contributed by atoms with van der Waals surface area (Å²) in [5, 5.41) is 0. The molecule has 1 aliphatic heterocycles. The Balaban J connectivity index is 3.02. The first-order valence-corrected chi connectivity index (χ1v) is 7.13. The fraction of sp³-hybridized carbons (Fsp3) is 0.917. The number of ether oxygens (including phenoxy) is 1. The first-order valence-electron chi connectivity index (χ1n) is 7.13. The molecule has 0 aromatic carbocycles. The molecule has 1 aliphatic rings. The molecule has 1 amide bonds. The lowest BCUT2D eigenvalue weighted by atomic mass is 9.69. The van der Waals surface area contributed by atoms with Crippen LogP contribution in [0.4, 0.5) is 31.1 Å². The van der Waals surface area contributed by atoms with Gasteiger partial charge in [0, 0.05) is 24.0 Å². The van der Waals surface area contributed by atoms with Crippen molar-refractivity contribution in [1.29, 1.82) is 0 Å². The fourth-order valence-electron chi connectivity index (χ4n) is 2.44. The molecule has 1 heterocycles. The predicted molar refractivity (Wildman–Crippen MR) is 79.3 cm³/mol. The maximum Gasteiger partial charge on any atom is 0.434 e. The van der Waals surface area contributed by atoms with Gasteiger partial charge in [-0.25, -0.2) is 4.79 Å². The lowest BCUT2D eigenvalue weighted by Crippen LogP contribution is -2.70. The summed E-state index contributed by atoms with van der Waals surface area (Å²) in [6, 6.07) is 0. The highest BCUT2D eigenvalue weighted by Crippen LogP contribution is 2.36. The summed E-state index contributed by atoms with van der Waals surface area (Å²) in [5.74, 6) is -3.83. The van der Waals surface area contributed by atoms with Gasteiger partial charge >= 0.3 is 18.4 Å². The third-order valence-electron chi connectivity index (χ3n) is 3.66. The van der Waals surface area contributed by atoms with Crippen molar-refractivity contribution in [3.05, 3.63) is 0 Å². The highest BCUT2D eigenvalue weighted by atomic mass is 19.4. The third kappa shape index (κ3) is 5.01. The second-order valence-electron chi connectivity index (χ2n) is 6.63. The molecule has 0 bridgehead atoms. The first kappa shape index (κ1) is 22.0. The molecule has 1 saturated heterocycles. The van der Waals surface area contributed by atoms with E-state index in [1.54, 1.807) is 25.7 Å². The molecular weight excluding hydrogens is 351 g/mol. The van der Waals surface area contributed by atoms with E-state index in [0.717, 1.165) is 0 Å². The maximum atomic E-state index is 12.5. The van der Waals surface area contributed by atoms with Gasteiger partial charge in [-0.3, -0.25) is 0 Å². The van der Waals surface area contributed by atoms with Gasteiger partial charge in [0.05, 0.1) is 7.85 Å². The van der Waals surface area contributed by atoms with E-state index in [0.29, 0.717) is 4.90 Å². The largest absolute Gasteiger partial charge is 0.434 e. The third-order valence-corrected chi connectivity index (χ3v) is 3.66. The number of piperazine rings is 1. The van der Waals surface area contributed by atoms with E-state index in [-0.39, 0.29) is 6.54 Å². The lowest BCUT2D eigenvalue weighted by Gasteiger charge is -2.54. The van der Waals surface area contributed by atoms with Crippen molar-refractivity contribution in [2.24, 2.45) is 0 Å². The number of halogens is 6. The first-order chi connectivity index (χ1) is 11.0. The molecule has 3 unspecified atom stereocenters. The minimum absolute atomic E-state index is 0.115. The number of alkyl halides is 6. The topological polar surface area (TPSA) is 32.8 Å². The summed E-state index contributed by atoms with van der Waals surface area (Å²) in [4.78, 5) is 13.9. The van der Waals surface area contributed by atoms with E-state index in [9.17, 15) is 31.1 Å². The molecule has 0 aromatic heterocycles. The molecule has 0 aliphatic carbocycles. The molecule has 13 heteroatoms. The SMILES string of the molecule is [B]C1CN(C(C)(C)C)C([B])C([B])N1C(=O)OC(C(F)(F)F)C(F)(F)F. The Morgan fingerprint density at radius 1 is 1.00 bits per heavy atom. The van der Waals surface area contributed by atoms with Crippen molar-refractivity contribution in [2.75, 3.05) is 6.54 Å². The van der Waals surface area contributed by atoms with Gasteiger partial charge in [0.1, 0.15) is 15.7 Å². The van der Waals surface area contributed by atoms with Crippen LogP contribution in [-0.4, -0.2) is 87.8 Å². The zero-order chi connectivity index (χ0) is 20.0. The molecule has 4 nitrogen and oxygen atoms in total. The Labute approximate surface area is 145 Å². The Morgan fingerprint density at radius 3 is 1.80 bits per heavy atom. The predicted octanol–water partition coefficient (Wildman–Crippen LogP) is 1.52. The molecular formula is C12H15B3F6N2O2. The van der Waals surface area contributed by atoms with Gasteiger partial charge in [0.15, 0.2) is 0 Å². The molecule has 1 fully saturated rings. The number of carbonyl (C=O) groups is 1. The van der Waals surface area contributed by atoms with Crippen LogP contribution in [0, 0.1) is 0 Å². The molecule has 136 valence electrons. The van der Waals surface area contributed by atoms with Gasteiger partial charge in [-0.15, -0.1) is 0 Å². The maximum absolute atomic E-state index is 12.5. The highest BCUT2D eigenvalue weighted by molar-refractivity contribution is 6.23. The van der Waals surface area contributed by atoms with Crippen LogP contribution in [-0.2, 0) is 4.74 Å². The van der Waals surface area contributed by atoms with Crippen molar-refractivity contribution in [3.63, 3.8) is 0 Å². The van der Waals surface area contributed by atoms with Crippen LogP contribution < -0.4 is 0 Å². The van der Waals surface area contributed by atoms with Gasteiger partial charge in [-0.1, -0.05) is 0 Å². The number of hydrogen-bond acceptors (Lipinski definition) is 3. The second kappa shape index (κ2) is 6.96. The van der Waals surface area contributed by atoms with Crippen molar-refractivity contribution in [2.45, 2.75) is 62.6 Å². The Morgan fingerprint density at radius 2 is 1.44 bits per heavy atom. The number of rotatable bonds is 1. The van der Waals surface area contributed by atoms with E-state index in [2.05, 4.69) is 4.74 Å². The van der Waals surface area contributed by atoms with E-state index in [1.807, 2.05) is 0 Å². The van der Waals surface area contributed by atoms with Crippen LogP contribution >= 0.6 is 0 Å². The Bertz CT molecular complexity index is 483. The molecule has 6 radical (unpaired) electrons. The molecule has 1 rings (SSSR count). The van der Waals surface area contributed by atoms with Crippen molar-refractivity contribution < 1.29 is 35.9 Å². The average Bonchev–Trinajstić information content (AvgIpc) is 2.36. The van der Waals surface area contributed by atoms with Crippen LogP contribution in [0.25, 0.3) is 0 Å². The molecule has 3 atom stereocenters. The van der Waals surface area contributed by atoms with E-state index >= 15 is 0 Å². The standard InChI is InChI=1S/C12H15B3F6N2O2/c1-10(2,3)22-4-5(13)23(7(15)6(22)14)9(24)25-8(11(16,17)18)12(19,20)21/h5-8H,4H2,1-3H3. The van der Waals surface area contributed by atoms with Crippen LogP contribution in [0.1, 0.15) is 20.8 Å². The van der Waals surface area contributed by atoms with Crippen molar-refractivity contribution in [3.8, 4) is 0 Å². The number of amides is 1. The molecule has 0 saturated carbocycles. The number of hydrogen-bond donors (Lipinski definition) is 0. The molecule has 0 aromatic rings. The monoisotopic (exact) mass is 366 g/mol. The van der Waals surface area contributed by atoms with E-state index in [1.165, 1.54) is 0 Å². The zero-order valence-corrected chi connectivity index (χ0v) is 13.7. The molecule has 0 N–H and O–H groups in total. The van der Waals surface area contributed by atoms with Crippen LogP contribution in [0.3, 0.4) is 0 Å².